The fourth-order valence-corrected chi connectivity index (χ4v) is 3.06. The Hall–Kier alpha value is -1.94. The third-order valence-corrected chi connectivity index (χ3v) is 4.33. The van der Waals surface area contributed by atoms with Crippen LogP contribution in [0.3, 0.4) is 0 Å². The predicted octanol–water partition coefficient (Wildman–Crippen LogP) is 2.61. The molecule has 4 heteroatoms. The van der Waals surface area contributed by atoms with Gasteiger partial charge in [-0.1, -0.05) is 37.1 Å². The fourth-order valence-electron chi connectivity index (χ4n) is 3.06. The Morgan fingerprint density at radius 2 is 1.95 bits per heavy atom. The van der Waals surface area contributed by atoms with Gasteiger partial charge in [0, 0.05) is 12.4 Å². The molecule has 1 N–H and O–H groups in total. The van der Waals surface area contributed by atoms with Crippen molar-refractivity contribution in [1.82, 2.24) is 9.88 Å². The van der Waals surface area contributed by atoms with Crippen LogP contribution in [0.4, 0.5) is 0 Å². The molecule has 4 nitrogen and oxygen atoms in total. The molecular formula is C17H20N2O2. The molecule has 0 saturated heterocycles. The molecule has 2 aromatic rings. The van der Waals surface area contributed by atoms with Gasteiger partial charge in [-0.2, -0.15) is 0 Å². The second kappa shape index (κ2) is 5.82. The van der Waals surface area contributed by atoms with Crippen molar-refractivity contribution in [1.29, 1.82) is 0 Å². The van der Waals surface area contributed by atoms with E-state index >= 15 is 0 Å². The summed E-state index contributed by atoms with van der Waals surface area (Å²) in [6.07, 6.45) is 3.30. The fraction of sp³-hybridized carbons (Fsp3) is 0.412. The van der Waals surface area contributed by atoms with Crippen molar-refractivity contribution in [3.05, 3.63) is 42.1 Å². The van der Waals surface area contributed by atoms with Crippen molar-refractivity contribution < 1.29 is 9.90 Å². The summed E-state index contributed by atoms with van der Waals surface area (Å²) in [7, 11) is 1.76. The van der Waals surface area contributed by atoms with Crippen molar-refractivity contribution in [3.8, 4) is 0 Å². The molecule has 2 unspecified atom stereocenters. The Morgan fingerprint density at radius 3 is 2.76 bits per heavy atom. The highest BCUT2D eigenvalue weighted by Crippen LogP contribution is 2.23. The van der Waals surface area contributed by atoms with Crippen LogP contribution in [-0.4, -0.2) is 40.1 Å². The number of hydrogen-bond donors (Lipinski definition) is 1. The second-order valence-electron chi connectivity index (χ2n) is 5.72. The van der Waals surface area contributed by atoms with Crippen LogP contribution in [0.15, 0.2) is 36.4 Å². The number of aromatic nitrogens is 1. The monoisotopic (exact) mass is 284 g/mol. The zero-order valence-corrected chi connectivity index (χ0v) is 12.2. The Kier molecular flexibility index (Phi) is 3.88. The van der Waals surface area contributed by atoms with Crippen LogP contribution in [0.2, 0.25) is 0 Å². The minimum atomic E-state index is -0.423. The number of aliphatic hydroxyl groups excluding tert-OH is 1. The molecule has 21 heavy (non-hydrogen) atoms. The number of rotatable bonds is 2. The first kappa shape index (κ1) is 14.0. The van der Waals surface area contributed by atoms with Gasteiger partial charge in [0.1, 0.15) is 5.69 Å². The summed E-state index contributed by atoms with van der Waals surface area (Å²) >= 11 is 0. The Balaban J connectivity index is 1.85. The molecule has 1 aromatic carbocycles. The third kappa shape index (κ3) is 2.76. The summed E-state index contributed by atoms with van der Waals surface area (Å²) in [5, 5.41) is 11.1. The maximum absolute atomic E-state index is 12.6. The lowest BCUT2D eigenvalue weighted by Gasteiger charge is -2.35. The zero-order chi connectivity index (χ0) is 14.8. The molecule has 0 radical (unpaired) electrons. The van der Waals surface area contributed by atoms with E-state index in [9.17, 15) is 9.90 Å². The number of pyridine rings is 1. The quantitative estimate of drug-likeness (QED) is 0.922. The van der Waals surface area contributed by atoms with Gasteiger partial charge >= 0.3 is 0 Å². The lowest BCUT2D eigenvalue weighted by atomic mass is 9.91. The van der Waals surface area contributed by atoms with Gasteiger partial charge in [-0.3, -0.25) is 4.79 Å². The number of carbonyl (C=O) groups excluding carboxylic acids is 1. The van der Waals surface area contributed by atoms with Gasteiger partial charge in [0.25, 0.3) is 5.91 Å². The van der Waals surface area contributed by atoms with E-state index in [1.165, 1.54) is 0 Å². The summed E-state index contributed by atoms with van der Waals surface area (Å²) in [6, 6.07) is 11.3. The number of fused-ring (bicyclic) bond motifs is 1. The van der Waals surface area contributed by atoms with Crippen molar-refractivity contribution in [3.63, 3.8) is 0 Å². The van der Waals surface area contributed by atoms with Crippen molar-refractivity contribution >= 4 is 16.8 Å². The maximum Gasteiger partial charge on any atom is 0.272 e. The number of para-hydroxylation sites is 1. The van der Waals surface area contributed by atoms with E-state index < -0.39 is 6.10 Å². The highest BCUT2D eigenvalue weighted by atomic mass is 16.3. The van der Waals surface area contributed by atoms with E-state index in [0.717, 1.165) is 36.6 Å². The van der Waals surface area contributed by atoms with Crippen LogP contribution in [-0.2, 0) is 0 Å². The topological polar surface area (TPSA) is 53.4 Å². The predicted molar refractivity (Wildman–Crippen MR) is 82.1 cm³/mol. The molecule has 1 aliphatic carbocycles. The Labute approximate surface area is 124 Å². The number of amides is 1. The molecule has 3 rings (SSSR count). The highest BCUT2D eigenvalue weighted by Gasteiger charge is 2.30. The normalized spacial score (nSPS) is 22.2. The van der Waals surface area contributed by atoms with Crippen LogP contribution in [0.25, 0.3) is 10.9 Å². The van der Waals surface area contributed by atoms with Crippen LogP contribution in [0, 0.1) is 0 Å². The van der Waals surface area contributed by atoms with Crippen molar-refractivity contribution in [2.45, 2.75) is 37.8 Å². The number of hydrogen-bond acceptors (Lipinski definition) is 3. The standard InChI is InChI=1S/C17H20N2O2/c1-19(15-8-4-5-9-16(15)20)17(21)14-11-10-12-6-2-3-7-13(12)18-14/h2-3,6-7,10-11,15-16,20H,4-5,8-9H2,1H3. The average Bonchev–Trinajstić information content (AvgIpc) is 2.53. The van der Waals surface area contributed by atoms with Gasteiger partial charge < -0.3 is 10.0 Å². The number of nitrogens with zero attached hydrogens (tertiary/aromatic N) is 2. The summed E-state index contributed by atoms with van der Waals surface area (Å²) < 4.78 is 0. The van der Waals surface area contributed by atoms with E-state index in [0.29, 0.717) is 5.69 Å². The third-order valence-electron chi connectivity index (χ3n) is 4.33. The molecule has 110 valence electrons. The van der Waals surface area contributed by atoms with Crippen LogP contribution in [0.5, 0.6) is 0 Å². The van der Waals surface area contributed by atoms with Crippen LogP contribution in [0.1, 0.15) is 36.2 Å². The van der Waals surface area contributed by atoms with E-state index in [1.807, 2.05) is 30.3 Å². The molecule has 2 atom stereocenters. The Bertz CT molecular complexity index is 656. The molecular weight excluding hydrogens is 264 g/mol. The molecule has 1 saturated carbocycles. The lowest BCUT2D eigenvalue weighted by Crippen LogP contribution is -2.46. The van der Waals surface area contributed by atoms with Crippen molar-refractivity contribution in [2.24, 2.45) is 0 Å². The molecule has 0 spiro atoms. The molecule has 1 aromatic heterocycles. The van der Waals surface area contributed by atoms with E-state index in [1.54, 1.807) is 18.0 Å². The van der Waals surface area contributed by atoms with Crippen LogP contribution < -0.4 is 0 Å². The molecule has 0 aliphatic heterocycles. The van der Waals surface area contributed by atoms with Gasteiger partial charge in [-0.25, -0.2) is 4.98 Å². The number of carbonyl (C=O) groups is 1. The molecule has 1 heterocycles. The first-order valence-corrected chi connectivity index (χ1v) is 7.48. The van der Waals surface area contributed by atoms with E-state index in [4.69, 9.17) is 0 Å². The number of benzene rings is 1. The largest absolute Gasteiger partial charge is 0.391 e. The smallest absolute Gasteiger partial charge is 0.272 e. The van der Waals surface area contributed by atoms with E-state index in [-0.39, 0.29) is 11.9 Å². The van der Waals surface area contributed by atoms with Gasteiger partial charge in [0.2, 0.25) is 0 Å². The number of aliphatic hydroxyl groups is 1. The summed E-state index contributed by atoms with van der Waals surface area (Å²) in [5.41, 5.74) is 1.26. The SMILES string of the molecule is CN(C(=O)c1ccc2ccccc2n1)C1CCCCC1O. The summed E-state index contributed by atoms with van der Waals surface area (Å²) in [5.74, 6) is -0.119. The van der Waals surface area contributed by atoms with Gasteiger partial charge in [0.15, 0.2) is 0 Å². The second-order valence-corrected chi connectivity index (χ2v) is 5.72. The Morgan fingerprint density at radius 1 is 1.19 bits per heavy atom. The highest BCUT2D eigenvalue weighted by molar-refractivity contribution is 5.95. The molecule has 0 bridgehead atoms. The zero-order valence-electron chi connectivity index (χ0n) is 12.2. The first-order valence-electron chi connectivity index (χ1n) is 7.48. The summed E-state index contributed by atoms with van der Waals surface area (Å²) in [6.45, 7) is 0. The van der Waals surface area contributed by atoms with Crippen LogP contribution >= 0.6 is 0 Å². The van der Waals surface area contributed by atoms with E-state index in [2.05, 4.69) is 4.98 Å². The molecule has 1 aliphatic rings. The first-order chi connectivity index (χ1) is 10.2. The minimum absolute atomic E-state index is 0.0977. The lowest BCUT2D eigenvalue weighted by molar-refractivity contribution is 0.0264. The summed E-state index contributed by atoms with van der Waals surface area (Å²) in [4.78, 5) is 18.7. The molecule has 1 fully saturated rings. The average molecular weight is 284 g/mol. The maximum atomic E-state index is 12.6. The van der Waals surface area contributed by atoms with Gasteiger partial charge in [0.05, 0.1) is 17.7 Å². The van der Waals surface area contributed by atoms with Gasteiger partial charge in [-0.15, -0.1) is 0 Å². The van der Waals surface area contributed by atoms with Crippen molar-refractivity contribution in [2.75, 3.05) is 7.05 Å². The molecule has 1 amide bonds. The minimum Gasteiger partial charge on any atom is -0.391 e. The van der Waals surface area contributed by atoms with Gasteiger partial charge in [-0.05, 0) is 25.0 Å². The number of likely N-dealkylation sites (N-methyl/N-ethyl adjacent to an activating group) is 1.